The molecule has 1 N–H and O–H groups in total. The van der Waals surface area contributed by atoms with Crippen LogP contribution in [0.3, 0.4) is 0 Å². The molecule has 0 aromatic heterocycles. The van der Waals surface area contributed by atoms with Crippen molar-refractivity contribution in [3.05, 3.63) is 65.0 Å². The molecule has 0 saturated carbocycles. The summed E-state index contributed by atoms with van der Waals surface area (Å²) in [6.07, 6.45) is 0.122. The summed E-state index contributed by atoms with van der Waals surface area (Å²) in [6, 6.07) is 10.4. The molecular formula is C15H15FO3S. The van der Waals surface area contributed by atoms with Gasteiger partial charge in [0.2, 0.25) is 0 Å². The minimum absolute atomic E-state index is 0.146. The van der Waals surface area contributed by atoms with Gasteiger partial charge in [0.05, 0.1) is 4.90 Å². The Kier molecular flexibility index (Phi) is 3.92. The van der Waals surface area contributed by atoms with Crippen LogP contribution in [0, 0.1) is 12.7 Å². The minimum Gasteiger partial charge on any atom is -0.384 e. The fourth-order valence-corrected chi connectivity index (χ4v) is 2.62. The molecule has 1 atom stereocenters. The lowest BCUT2D eigenvalue weighted by molar-refractivity contribution is 0.220. The fraction of sp³-hybridized carbons (Fsp3) is 0.200. The first-order valence-electron chi connectivity index (χ1n) is 6.03. The Balaban J connectivity index is 2.43. The summed E-state index contributed by atoms with van der Waals surface area (Å²) < 4.78 is 36.2. The summed E-state index contributed by atoms with van der Waals surface area (Å²) in [4.78, 5) is 0.146. The number of sulfone groups is 1. The average Bonchev–Trinajstić information content (AvgIpc) is 2.40. The lowest BCUT2D eigenvalue weighted by Crippen LogP contribution is -2.03. The van der Waals surface area contributed by atoms with E-state index < -0.39 is 15.9 Å². The van der Waals surface area contributed by atoms with Gasteiger partial charge in [0.25, 0.3) is 0 Å². The van der Waals surface area contributed by atoms with Gasteiger partial charge in [-0.15, -0.1) is 0 Å². The summed E-state index contributed by atoms with van der Waals surface area (Å²) >= 11 is 0. The van der Waals surface area contributed by atoms with Crippen LogP contribution in [0.2, 0.25) is 0 Å². The van der Waals surface area contributed by atoms with Gasteiger partial charge in [0.1, 0.15) is 11.9 Å². The summed E-state index contributed by atoms with van der Waals surface area (Å²) in [5, 5.41) is 10.3. The van der Waals surface area contributed by atoms with Crippen molar-refractivity contribution >= 4 is 9.84 Å². The van der Waals surface area contributed by atoms with E-state index in [9.17, 15) is 17.9 Å². The second-order valence-corrected chi connectivity index (χ2v) is 6.77. The third-order valence-corrected chi connectivity index (χ3v) is 4.21. The van der Waals surface area contributed by atoms with E-state index >= 15 is 0 Å². The second kappa shape index (κ2) is 5.34. The van der Waals surface area contributed by atoms with Crippen molar-refractivity contribution in [1.82, 2.24) is 0 Å². The number of rotatable bonds is 3. The van der Waals surface area contributed by atoms with Crippen LogP contribution >= 0.6 is 0 Å². The van der Waals surface area contributed by atoms with Gasteiger partial charge >= 0.3 is 0 Å². The van der Waals surface area contributed by atoms with Crippen LogP contribution in [-0.2, 0) is 9.84 Å². The number of aliphatic hydroxyl groups excluding tert-OH is 1. The molecule has 0 radical (unpaired) electrons. The quantitative estimate of drug-likeness (QED) is 0.946. The number of aryl methyl sites for hydroxylation is 1. The monoisotopic (exact) mass is 294 g/mol. The van der Waals surface area contributed by atoms with E-state index in [4.69, 9.17) is 0 Å². The van der Waals surface area contributed by atoms with E-state index in [0.29, 0.717) is 16.7 Å². The normalized spacial score (nSPS) is 13.2. The van der Waals surface area contributed by atoms with Gasteiger partial charge in [-0.3, -0.25) is 0 Å². The Morgan fingerprint density at radius 1 is 1.10 bits per heavy atom. The highest BCUT2D eigenvalue weighted by molar-refractivity contribution is 7.90. The minimum atomic E-state index is -3.33. The molecule has 3 nitrogen and oxygen atoms in total. The van der Waals surface area contributed by atoms with Crippen LogP contribution in [0.1, 0.15) is 22.8 Å². The molecule has 0 aliphatic carbocycles. The van der Waals surface area contributed by atoms with Gasteiger partial charge in [0.15, 0.2) is 9.84 Å². The zero-order chi connectivity index (χ0) is 14.9. The SMILES string of the molecule is Cc1cc(C(O)c2cccc(S(C)(=O)=O)c2)ccc1F. The molecule has 0 heterocycles. The standard InChI is InChI=1S/C15H15FO3S/c1-10-8-12(6-7-14(10)16)15(17)11-4-3-5-13(9-11)20(2,18)19/h3-9,15,17H,1-2H3. The highest BCUT2D eigenvalue weighted by Gasteiger charge is 2.14. The zero-order valence-corrected chi connectivity index (χ0v) is 12.0. The number of aliphatic hydroxyl groups is 1. The molecule has 0 spiro atoms. The van der Waals surface area contributed by atoms with Crippen LogP contribution in [0.15, 0.2) is 47.4 Å². The van der Waals surface area contributed by atoms with Crippen LogP contribution < -0.4 is 0 Å². The largest absolute Gasteiger partial charge is 0.384 e. The number of halogens is 1. The third-order valence-electron chi connectivity index (χ3n) is 3.10. The topological polar surface area (TPSA) is 54.4 Å². The summed E-state index contributed by atoms with van der Waals surface area (Å²) in [7, 11) is -3.33. The molecule has 1 unspecified atom stereocenters. The molecule has 5 heteroatoms. The van der Waals surface area contributed by atoms with Crippen molar-refractivity contribution in [3.63, 3.8) is 0 Å². The first kappa shape index (κ1) is 14.7. The molecule has 20 heavy (non-hydrogen) atoms. The third kappa shape index (κ3) is 3.05. The molecule has 0 fully saturated rings. The molecule has 0 bridgehead atoms. The smallest absolute Gasteiger partial charge is 0.175 e. The Labute approximate surface area is 117 Å². The van der Waals surface area contributed by atoms with Crippen molar-refractivity contribution in [1.29, 1.82) is 0 Å². The Morgan fingerprint density at radius 2 is 1.75 bits per heavy atom. The van der Waals surface area contributed by atoms with Crippen LogP contribution in [0.25, 0.3) is 0 Å². The first-order chi connectivity index (χ1) is 9.29. The van der Waals surface area contributed by atoms with Crippen molar-refractivity contribution in [2.45, 2.75) is 17.9 Å². The average molecular weight is 294 g/mol. The van der Waals surface area contributed by atoms with Gasteiger partial charge < -0.3 is 5.11 Å². The van der Waals surface area contributed by atoms with Gasteiger partial charge in [-0.25, -0.2) is 12.8 Å². The second-order valence-electron chi connectivity index (χ2n) is 4.76. The molecule has 0 amide bonds. The first-order valence-corrected chi connectivity index (χ1v) is 7.92. The molecule has 2 rings (SSSR count). The Hall–Kier alpha value is -1.72. The summed E-state index contributed by atoms with van der Waals surface area (Å²) in [6.45, 7) is 1.61. The lowest BCUT2D eigenvalue weighted by Gasteiger charge is -2.13. The molecule has 106 valence electrons. The molecule has 0 aliphatic heterocycles. The summed E-state index contributed by atoms with van der Waals surface area (Å²) in [5.41, 5.74) is 1.41. The number of benzene rings is 2. The Bertz CT molecular complexity index is 739. The number of hydrogen-bond acceptors (Lipinski definition) is 3. The van der Waals surface area contributed by atoms with E-state index in [0.717, 1.165) is 6.26 Å². The van der Waals surface area contributed by atoms with Crippen LogP contribution in [0.4, 0.5) is 4.39 Å². The predicted molar refractivity (Wildman–Crippen MR) is 74.8 cm³/mol. The van der Waals surface area contributed by atoms with Crippen molar-refractivity contribution in [3.8, 4) is 0 Å². The van der Waals surface area contributed by atoms with E-state index in [1.807, 2.05) is 0 Å². The van der Waals surface area contributed by atoms with Crippen LogP contribution in [-0.4, -0.2) is 19.8 Å². The molecule has 2 aromatic rings. The Morgan fingerprint density at radius 3 is 2.35 bits per heavy atom. The van der Waals surface area contributed by atoms with Gasteiger partial charge in [-0.05, 0) is 41.8 Å². The predicted octanol–water partition coefficient (Wildman–Crippen LogP) is 2.62. The fourth-order valence-electron chi connectivity index (χ4n) is 1.95. The van der Waals surface area contributed by atoms with Crippen LogP contribution in [0.5, 0.6) is 0 Å². The van der Waals surface area contributed by atoms with E-state index in [1.54, 1.807) is 25.1 Å². The van der Waals surface area contributed by atoms with Crippen molar-refractivity contribution in [2.24, 2.45) is 0 Å². The number of hydrogen-bond donors (Lipinski definition) is 1. The van der Waals surface area contributed by atoms with Gasteiger partial charge in [-0.1, -0.05) is 24.3 Å². The maximum atomic E-state index is 13.2. The molecule has 2 aromatic carbocycles. The van der Waals surface area contributed by atoms with Crippen molar-refractivity contribution < 1.29 is 17.9 Å². The van der Waals surface area contributed by atoms with E-state index in [2.05, 4.69) is 0 Å². The highest BCUT2D eigenvalue weighted by atomic mass is 32.2. The van der Waals surface area contributed by atoms with Gasteiger partial charge in [-0.2, -0.15) is 0 Å². The maximum Gasteiger partial charge on any atom is 0.175 e. The zero-order valence-electron chi connectivity index (χ0n) is 11.2. The molecular weight excluding hydrogens is 279 g/mol. The highest BCUT2D eigenvalue weighted by Crippen LogP contribution is 2.25. The summed E-state index contributed by atoms with van der Waals surface area (Å²) in [5.74, 6) is -0.342. The van der Waals surface area contributed by atoms with E-state index in [-0.39, 0.29) is 10.7 Å². The molecule has 0 saturated heterocycles. The maximum absolute atomic E-state index is 13.2. The van der Waals surface area contributed by atoms with Gasteiger partial charge in [0, 0.05) is 6.26 Å². The lowest BCUT2D eigenvalue weighted by atomic mass is 10.00. The molecule has 0 aliphatic rings. The van der Waals surface area contributed by atoms with E-state index in [1.165, 1.54) is 24.3 Å². The van der Waals surface area contributed by atoms with Crippen molar-refractivity contribution in [2.75, 3.05) is 6.26 Å².